The highest BCUT2D eigenvalue weighted by molar-refractivity contribution is 5.82. The average Bonchev–Trinajstić information content (AvgIpc) is 2.58. The molecule has 1 unspecified atom stereocenters. The topological polar surface area (TPSA) is 55.8 Å². The number of hydrogen-bond acceptors (Lipinski definition) is 3. The molecule has 0 aliphatic rings. The lowest BCUT2D eigenvalue weighted by molar-refractivity contribution is -0.147. The van der Waals surface area contributed by atoms with Crippen LogP contribution in [0.3, 0.4) is 0 Å². The van der Waals surface area contributed by atoms with Gasteiger partial charge in [-0.1, -0.05) is 18.9 Å². The van der Waals surface area contributed by atoms with Gasteiger partial charge in [0.05, 0.1) is 13.2 Å². The van der Waals surface area contributed by atoms with E-state index in [1.807, 2.05) is 0 Å². The third-order valence-corrected chi connectivity index (χ3v) is 4.07. The Morgan fingerprint density at radius 2 is 2.20 bits per heavy atom. The summed E-state index contributed by atoms with van der Waals surface area (Å²) in [4.78, 5) is 12.2. The molecule has 0 fully saturated rings. The third kappa shape index (κ3) is 4.75. The first-order chi connectivity index (χ1) is 11.9. The maximum Gasteiger partial charge on any atom is 0.315 e. The minimum atomic E-state index is -1.41. The molecule has 0 bridgehead atoms. The fraction of sp³-hybridized carbons (Fsp3) is 0.450. The van der Waals surface area contributed by atoms with Crippen molar-refractivity contribution in [2.24, 2.45) is 5.92 Å². The molecule has 0 saturated heterocycles. The number of carbonyl (C=O) groups is 1. The Morgan fingerprint density at radius 3 is 2.72 bits per heavy atom. The molecule has 0 spiro atoms. The number of carboxylic acid groups (broad SMARTS) is 1. The highest BCUT2D eigenvalue weighted by atomic mass is 19.1. The Labute approximate surface area is 148 Å². The number of rotatable bonds is 9. The highest BCUT2D eigenvalue weighted by Crippen LogP contribution is 2.38. The quantitative estimate of drug-likeness (QED) is 0.551. The van der Waals surface area contributed by atoms with Crippen molar-refractivity contribution in [3.63, 3.8) is 0 Å². The number of ether oxygens (including phenoxy) is 2. The van der Waals surface area contributed by atoms with Gasteiger partial charge in [0.25, 0.3) is 0 Å². The van der Waals surface area contributed by atoms with Crippen LogP contribution in [0.15, 0.2) is 18.2 Å². The van der Waals surface area contributed by atoms with Crippen LogP contribution in [0, 0.1) is 35.9 Å². The van der Waals surface area contributed by atoms with E-state index in [0.717, 1.165) is 0 Å². The third-order valence-electron chi connectivity index (χ3n) is 4.07. The van der Waals surface area contributed by atoms with Gasteiger partial charge in [0, 0.05) is 12.3 Å². The van der Waals surface area contributed by atoms with Gasteiger partial charge >= 0.3 is 5.97 Å². The molecule has 134 valence electrons. The summed E-state index contributed by atoms with van der Waals surface area (Å²) in [6.07, 6.45) is 5.20. The molecule has 0 saturated carbocycles. The van der Waals surface area contributed by atoms with Gasteiger partial charge in [-0.2, -0.15) is 0 Å². The number of hydrogen-bond donors (Lipinski definition) is 1. The summed E-state index contributed by atoms with van der Waals surface area (Å²) < 4.78 is 24.8. The molecule has 0 aliphatic heterocycles. The van der Waals surface area contributed by atoms with E-state index in [2.05, 4.69) is 17.8 Å². The van der Waals surface area contributed by atoms with E-state index in [-0.39, 0.29) is 25.4 Å². The highest BCUT2D eigenvalue weighted by Gasteiger charge is 2.45. The molecule has 1 N–H and O–H groups in total. The fourth-order valence-corrected chi connectivity index (χ4v) is 2.69. The predicted molar refractivity (Wildman–Crippen MR) is 93.8 cm³/mol. The SMILES string of the molecule is C#CCOC[C@@H](C)C(CC#CC)(C(=O)O)c1ccc(OCC)c(F)c1. The summed E-state index contributed by atoms with van der Waals surface area (Å²) in [5.74, 6) is 5.79. The van der Waals surface area contributed by atoms with E-state index in [1.54, 1.807) is 26.8 Å². The molecule has 1 rings (SSSR count). The molecule has 0 heterocycles. The van der Waals surface area contributed by atoms with E-state index in [9.17, 15) is 14.3 Å². The smallest absolute Gasteiger partial charge is 0.315 e. The lowest BCUT2D eigenvalue weighted by Crippen LogP contribution is -2.44. The van der Waals surface area contributed by atoms with Crippen molar-refractivity contribution in [2.75, 3.05) is 19.8 Å². The molecular weight excluding hydrogens is 323 g/mol. The number of halogens is 1. The summed E-state index contributed by atoms with van der Waals surface area (Å²) >= 11 is 0. The summed E-state index contributed by atoms with van der Waals surface area (Å²) in [6, 6.07) is 4.21. The van der Waals surface area contributed by atoms with Crippen LogP contribution in [0.1, 0.15) is 32.8 Å². The molecule has 0 amide bonds. The number of aliphatic carboxylic acids is 1. The molecule has 5 heteroatoms. The van der Waals surface area contributed by atoms with Gasteiger partial charge in [-0.3, -0.25) is 4.79 Å². The van der Waals surface area contributed by atoms with Crippen LogP contribution in [0.4, 0.5) is 4.39 Å². The molecule has 25 heavy (non-hydrogen) atoms. The summed E-state index contributed by atoms with van der Waals surface area (Å²) in [5.41, 5.74) is -1.09. The number of terminal acetylenes is 1. The molecule has 1 aromatic carbocycles. The monoisotopic (exact) mass is 346 g/mol. The zero-order valence-corrected chi connectivity index (χ0v) is 14.8. The van der Waals surface area contributed by atoms with Crippen molar-refractivity contribution >= 4 is 5.97 Å². The Bertz CT molecular complexity index is 696. The Morgan fingerprint density at radius 1 is 1.48 bits per heavy atom. The van der Waals surface area contributed by atoms with E-state index in [1.165, 1.54) is 12.1 Å². The van der Waals surface area contributed by atoms with Crippen LogP contribution in [0.2, 0.25) is 0 Å². The van der Waals surface area contributed by atoms with Crippen molar-refractivity contribution < 1.29 is 23.8 Å². The molecule has 0 aromatic heterocycles. The number of carboxylic acids is 1. The van der Waals surface area contributed by atoms with Crippen LogP contribution in [0.25, 0.3) is 0 Å². The first-order valence-electron chi connectivity index (χ1n) is 8.01. The first-order valence-corrected chi connectivity index (χ1v) is 8.01. The van der Waals surface area contributed by atoms with Gasteiger partial charge in [-0.25, -0.2) is 4.39 Å². The van der Waals surface area contributed by atoms with Crippen molar-refractivity contribution in [1.82, 2.24) is 0 Å². The van der Waals surface area contributed by atoms with Gasteiger partial charge in [0.15, 0.2) is 11.6 Å². The van der Waals surface area contributed by atoms with Gasteiger partial charge in [0.1, 0.15) is 12.0 Å². The average molecular weight is 346 g/mol. The van der Waals surface area contributed by atoms with E-state index >= 15 is 0 Å². The van der Waals surface area contributed by atoms with Crippen molar-refractivity contribution in [1.29, 1.82) is 0 Å². The second-order valence-corrected chi connectivity index (χ2v) is 5.58. The normalized spacial score (nSPS) is 13.7. The van der Waals surface area contributed by atoms with Crippen molar-refractivity contribution in [3.8, 4) is 29.9 Å². The summed E-state index contributed by atoms with van der Waals surface area (Å²) in [5, 5.41) is 9.98. The zero-order valence-electron chi connectivity index (χ0n) is 14.8. The van der Waals surface area contributed by atoms with Crippen LogP contribution in [0.5, 0.6) is 5.75 Å². The minimum absolute atomic E-state index is 0.0346. The molecular formula is C20H23FO4. The van der Waals surface area contributed by atoms with Gasteiger partial charge in [0.2, 0.25) is 0 Å². The zero-order chi connectivity index (χ0) is 18.9. The minimum Gasteiger partial charge on any atom is -0.491 e. The van der Waals surface area contributed by atoms with Crippen molar-refractivity contribution in [3.05, 3.63) is 29.6 Å². The summed E-state index contributed by atoms with van der Waals surface area (Å²) in [6.45, 7) is 5.63. The fourth-order valence-electron chi connectivity index (χ4n) is 2.69. The maximum atomic E-state index is 14.3. The van der Waals surface area contributed by atoms with Crippen LogP contribution < -0.4 is 4.74 Å². The maximum absolute atomic E-state index is 14.3. The van der Waals surface area contributed by atoms with Crippen LogP contribution in [-0.4, -0.2) is 30.9 Å². The largest absolute Gasteiger partial charge is 0.491 e. The van der Waals surface area contributed by atoms with Crippen LogP contribution in [-0.2, 0) is 14.9 Å². The second kappa shape index (κ2) is 9.71. The van der Waals surface area contributed by atoms with E-state index in [0.29, 0.717) is 12.2 Å². The number of benzene rings is 1. The van der Waals surface area contributed by atoms with Gasteiger partial charge < -0.3 is 14.6 Å². The van der Waals surface area contributed by atoms with Crippen molar-refractivity contribution in [2.45, 2.75) is 32.6 Å². The standard InChI is InChI=1S/C20H23FO4/c1-5-8-11-20(19(22)23,15(4)14-24-12-6-2)16-9-10-18(25-7-3)17(21)13-16/h2,9-10,13,15H,7,11-12,14H2,1,3-4H3,(H,22,23)/t15-,20?/m1/s1. The van der Waals surface area contributed by atoms with E-state index < -0.39 is 23.1 Å². The first kappa shape index (κ1) is 20.5. The Balaban J connectivity index is 3.37. The van der Waals surface area contributed by atoms with Crippen LogP contribution >= 0.6 is 0 Å². The molecule has 4 nitrogen and oxygen atoms in total. The molecule has 2 atom stereocenters. The lowest BCUT2D eigenvalue weighted by Gasteiger charge is -2.34. The molecule has 0 radical (unpaired) electrons. The van der Waals surface area contributed by atoms with Gasteiger partial charge in [-0.05, 0) is 31.5 Å². The second-order valence-electron chi connectivity index (χ2n) is 5.58. The van der Waals surface area contributed by atoms with E-state index in [4.69, 9.17) is 15.9 Å². The predicted octanol–water partition coefficient (Wildman–Crippen LogP) is 3.25. The van der Waals surface area contributed by atoms with Gasteiger partial charge in [-0.15, -0.1) is 18.3 Å². The Hall–Kier alpha value is -2.50. The molecule has 0 aliphatic carbocycles. The Kier molecular flexibility index (Phi) is 7.98. The molecule has 1 aromatic rings. The lowest BCUT2D eigenvalue weighted by atomic mass is 9.69. The summed E-state index contributed by atoms with van der Waals surface area (Å²) in [7, 11) is 0.